The van der Waals surface area contributed by atoms with E-state index in [9.17, 15) is 5.11 Å². The molecule has 0 spiro atoms. The van der Waals surface area contributed by atoms with E-state index in [1.165, 1.54) is 0 Å². The van der Waals surface area contributed by atoms with Crippen molar-refractivity contribution in [3.05, 3.63) is 40.0 Å². The molecule has 1 heterocycles. The zero-order valence-electron chi connectivity index (χ0n) is 11.5. The number of benzene rings is 1. The Bertz CT molecular complexity index is 569. The molecule has 0 aliphatic carbocycles. The van der Waals surface area contributed by atoms with Crippen molar-refractivity contribution in [2.45, 2.75) is 39.4 Å². The summed E-state index contributed by atoms with van der Waals surface area (Å²) in [7, 11) is 0. The largest absolute Gasteiger partial charge is 0.485 e. The van der Waals surface area contributed by atoms with Crippen LogP contribution in [0.5, 0.6) is 5.75 Å². The molecule has 2 aromatic rings. The van der Waals surface area contributed by atoms with Crippen molar-refractivity contribution in [1.29, 1.82) is 0 Å². The minimum absolute atomic E-state index is 0.217. The van der Waals surface area contributed by atoms with Crippen LogP contribution in [0, 0.1) is 0 Å². The quantitative estimate of drug-likeness (QED) is 0.872. The van der Waals surface area contributed by atoms with E-state index < -0.39 is 6.10 Å². The lowest BCUT2D eigenvalue weighted by molar-refractivity contribution is 0.189. The molecule has 0 saturated carbocycles. The normalized spacial score (nSPS) is 12.4. The van der Waals surface area contributed by atoms with E-state index in [1.807, 2.05) is 12.1 Å². The molecule has 0 bridgehead atoms. The summed E-state index contributed by atoms with van der Waals surface area (Å²) < 4.78 is 11.7. The fourth-order valence-electron chi connectivity index (χ4n) is 1.78. The summed E-state index contributed by atoms with van der Waals surface area (Å²) >= 11 is 3.37. The highest BCUT2D eigenvalue weighted by atomic mass is 79.9. The summed E-state index contributed by atoms with van der Waals surface area (Å²) in [5, 5.41) is 13.6. The minimum atomic E-state index is -0.608. The molecule has 5 nitrogen and oxygen atoms in total. The molecule has 0 amide bonds. The van der Waals surface area contributed by atoms with Gasteiger partial charge in [0.05, 0.1) is 6.10 Å². The summed E-state index contributed by atoms with van der Waals surface area (Å²) in [6, 6.07) is 5.50. The van der Waals surface area contributed by atoms with E-state index >= 15 is 0 Å². The number of aliphatic hydroxyl groups is 1. The predicted molar refractivity (Wildman–Crippen MR) is 77.4 cm³/mol. The van der Waals surface area contributed by atoms with Crippen molar-refractivity contribution in [3.8, 4) is 5.75 Å². The Labute approximate surface area is 126 Å². The van der Waals surface area contributed by atoms with Gasteiger partial charge in [-0.3, -0.25) is 0 Å². The second-order valence-electron chi connectivity index (χ2n) is 4.50. The first kappa shape index (κ1) is 15.0. The zero-order valence-corrected chi connectivity index (χ0v) is 13.1. The van der Waals surface area contributed by atoms with Gasteiger partial charge in [-0.25, -0.2) is 0 Å². The van der Waals surface area contributed by atoms with Crippen molar-refractivity contribution in [2.75, 3.05) is 0 Å². The summed E-state index contributed by atoms with van der Waals surface area (Å²) in [5.41, 5.74) is 0.719. The molecule has 0 aliphatic heterocycles. The highest BCUT2D eigenvalue weighted by molar-refractivity contribution is 9.10. The van der Waals surface area contributed by atoms with Gasteiger partial charge in [0.1, 0.15) is 5.75 Å². The van der Waals surface area contributed by atoms with Gasteiger partial charge < -0.3 is 14.4 Å². The third-order valence-electron chi connectivity index (χ3n) is 2.75. The maximum atomic E-state index is 9.75. The second kappa shape index (κ2) is 6.85. The smallest absolute Gasteiger partial charge is 0.226 e. The standard InChI is InChI=1S/C14H17BrN2O3/c1-3-4-14-16-13(17-20-14)8-19-12-6-5-10(15)7-11(12)9(2)18/h5-7,9,18H,3-4,8H2,1-2H3/t9-/m0/s1. The zero-order chi connectivity index (χ0) is 14.5. The molecule has 0 saturated heterocycles. The summed E-state index contributed by atoms with van der Waals surface area (Å²) in [6.07, 6.45) is 1.12. The Morgan fingerprint density at radius 3 is 2.95 bits per heavy atom. The van der Waals surface area contributed by atoms with E-state index in [2.05, 4.69) is 33.0 Å². The van der Waals surface area contributed by atoms with Crippen molar-refractivity contribution < 1.29 is 14.4 Å². The lowest BCUT2D eigenvalue weighted by Gasteiger charge is -2.12. The second-order valence-corrected chi connectivity index (χ2v) is 5.42. The Morgan fingerprint density at radius 1 is 1.45 bits per heavy atom. The molecule has 1 N–H and O–H groups in total. The van der Waals surface area contributed by atoms with Crippen molar-refractivity contribution in [2.24, 2.45) is 0 Å². The van der Waals surface area contributed by atoms with Crippen molar-refractivity contribution in [3.63, 3.8) is 0 Å². The average Bonchev–Trinajstić information content (AvgIpc) is 2.85. The van der Waals surface area contributed by atoms with E-state index in [-0.39, 0.29) is 6.61 Å². The lowest BCUT2D eigenvalue weighted by atomic mass is 10.1. The number of hydrogen-bond donors (Lipinski definition) is 1. The topological polar surface area (TPSA) is 68.4 Å². The SMILES string of the molecule is CCCc1nc(COc2ccc(Br)cc2[C@H](C)O)no1. The number of aliphatic hydroxyl groups excluding tert-OH is 1. The lowest BCUT2D eigenvalue weighted by Crippen LogP contribution is -2.02. The summed E-state index contributed by atoms with van der Waals surface area (Å²) in [4.78, 5) is 4.23. The van der Waals surface area contributed by atoms with Crippen LogP contribution in [0.3, 0.4) is 0 Å². The van der Waals surface area contributed by atoms with Crippen LogP contribution in [-0.2, 0) is 13.0 Å². The van der Waals surface area contributed by atoms with Crippen LogP contribution in [0.4, 0.5) is 0 Å². The highest BCUT2D eigenvalue weighted by Gasteiger charge is 2.12. The first-order valence-corrected chi connectivity index (χ1v) is 7.31. The minimum Gasteiger partial charge on any atom is -0.485 e. The highest BCUT2D eigenvalue weighted by Crippen LogP contribution is 2.28. The van der Waals surface area contributed by atoms with E-state index in [4.69, 9.17) is 9.26 Å². The van der Waals surface area contributed by atoms with Gasteiger partial charge in [-0.05, 0) is 31.5 Å². The number of nitrogens with zero attached hydrogens (tertiary/aromatic N) is 2. The van der Waals surface area contributed by atoms with Gasteiger partial charge in [-0.15, -0.1) is 0 Å². The van der Waals surface area contributed by atoms with Crippen LogP contribution in [0.25, 0.3) is 0 Å². The van der Waals surface area contributed by atoms with Gasteiger partial charge in [-0.1, -0.05) is 28.0 Å². The molecule has 6 heteroatoms. The maximum Gasteiger partial charge on any atom is 0.226 e. The molecule has 20 heavy (non-hydrogen) atoms. The fourth-order valence-corrected chi connectivity index (χ4v) is 2.16. The molecule has 0 fully saturated rings. The predicted octanol–water partition coefficient (Wildman–Crippen LogP) is 3.42. The van der Waals surface area contributed by atoms with Gasteiger partial charge in [0.15, 0.2) is 6.61 Å². The van der Waals surface area contributed by atoms with Gasteiger partial charge in [-0.2, -0.15) is 4.98 Å². The van der Waals surface area contributed by atoms with Crippen LogP contribution in [-0.4, -0.2) is 15.2 Å². The Morgan fingerprint density at radius 2 is 2.25 bits per heavy atom. The molecule has 108 valence electrons. The van der Waals surface area contributed by atoms with E-state index in [0.29, 0.717) is 17.5 Å². The number of halogens is 1. The first-order valence-electron chi connectivity index (χ1n) is 6.52. The van der Waals surface area contributed by atoms with Crippen LogP contribution >= 0.6 is 15.9 Å². The monoisotopic (exact) mass is 340 g/mol. The van der Waals surface area contributed by atoms with Crippen LogP contribution < -0.4 is 4.74 Å². The van der Waals surface area contributed by atoms with E-state index in [1.54, 1.807) is 13.0 Å². The molecular formula is C14H17BrN2O3. The van der Waals surface area contributed by atoms with Crippen LogP contribution in [0.2, 0.25) is 0 Å². The molecule has 1 aromatic carbocycles. The Balaban J connectivity index is 2.06. The number of aryl methyl sites for hydroxylation is 1. The van der Waals surface area contributed by atoms with Crippen LogP contribution in [0.15, 0.2) is 27.2 Å². The molecule has 1 atom stereocenters. The number of ether oxygens (including phenoxy) is 1. The molecule has 0 aliphatic rings. The molecule has 1 aromatic heterocycles. The summed E-state index contributed by atoms with van der Waals surface area (Å²) in [6.45, 7) is 3.97. The van der Waals surface area contributed by atoms with E-state index in [0.717, 1.165) is 22.9 Å². The van der Waals surface area contributed by atoms with Gasteiger partial charge in [0.2, 0.25) is 11.7 Å². The van der Waals surface area contributed by atoms with Gasteiger partial charge in [0.25, 0.3) is 0 Å². The maximum absolute atomic E-state index is 9.75. The van der Waals surface area contributed by atoms with Crippen molar-refractivity contribution >= 4 is 15.9 Å². The number of aromatic nitrogens is 2. The Hall–Kier alpha value is -1.40. The number of rotatable bonds is 6. The molecule has 0 radical (unpaired) electrons. The van der Waals surface area contributed by atoms with Crippen molar-refractivity contribution in [1.82, 2.24) is 10.1 Å². The van der Waals surface area contributed by atoms with Crippen LogP contribution in [0.1, 0.15) is 43.7 Å². The first-order chi connectivity index (χ1) is 9.60. The van der Waals surface area contributed by atoms with Gasteiger partial charge in [0, 0.05) is 16.5 Å². The third kappa shape index (κ3) is 3.80. The third-order valence-corrected chi connectivity index (χ3v) is 3.25. The number of hydrogen-bond acceptors (Lipinski definition) is 5. The molecule has 0 unspecified atom stereocenters. The molecule has 2 rings (SSSR count). The summed E-state index contributed by atoms with van der Waals surface area (Å²) in [5.74, 6) is 1.75. The fraction of sp³-hybridized carbons (Fsp3) is 0.429. The average molecular weight is 341 g/mol. The Kier molecular flexibility index (Phi) is 5.14. The molecular weight excluding hydrogens is 324 g/mol. The van der Waals surface area contributed by atoms with Gasteiger partial charge >= 0.3 is 0 Å².